The van der Waals surface area contributed by atoms with Gasteiger partial charge in [-0.3, -0.25) is 9.59 Å². The smallest absolute Gasteiger partial charge is 0.318 e. The molecule has 23 heavy (non-hydrogen) atoms. The van der Waals surface area contributed by atoms with Gasteiger partial charge in [0.25, 0.3) is 0 Å². The topological polar surface area (TPSA) is 94.8 Å². The number of aromatic hydroxyl groups is 2. The summed E-state index contributed by atoms with van der Waals surface area (Å²) < 4.78 is 0. The van der Waals surface area contributed by atoms with Crippen LogP contribution in [-0.4, -0.2) is 27.1 Å². The van der Waals surface area contributed by atoms with Gasteiger partial charge < -0.3 is 15.3 Å². The quantitative estimate of drug-likeness (QED) is 0.738. The van der Waals surface area contributed by atoms with Gasteiger partial charge in [0.2, 0.25) is 0 Å². The third-order valence-corrected chi connectivity index (χ3v) is 4.38. The summed E-state index contributed by atoms with van der Waals surface area (Å²) in [5.41, 5.74) is 0.282. The van der Waals surface area contributed by atoms with Crippen molar-refractivity contribution in [3.05, 3.63) is 59.7 Å². The normalized spacial score (nSPS) is 16.5. The summed E-state index contributed by atoms with van der Waals surface area (Å²) in [7, 11) is 0. The molecule has 1 fully saturated rings. The van der Waals surface area contributed by atoms with E-state index in [1.54, 1.807) is 12.1 Å². The number of hydrogen-bond acceptors (Lipinski definition) is 4. The van der Waals surface area contributed by atoms with Crippen molar-refractivity contribution in [2.45, 2.75) is 24.2 Å². The third kappa shape index (κ3) is 2.65. The van der Waals surface area contributed by atoms with Crippen LogP contribution in [-0.2, 0) is 15.0 Å². The Morgan fingerprint density at radius 1 is 0.870 bits per heavy atom. The molecule has 2 aromatic rings. The van der Waals surface area contributed by atoms with E-state index in [9.17, 15) is 24.9 Å². The van der Waals surface area contributed by atoms with Crippen LogP contribution in [0.5, 0.6) is 11.5 Å². The largest absolute Gasteiger partial charge is 0.508 e. The van der Waals surface area contributed by atoms with Crippen LogP contribution in [0.2, 0.25) is 0 Å². The molecule has 1 atom stereocenters. The van der Waals surface area contributed by atoms with Gasteiger partial charge in [0.15, 0.2) is 5.78 Å². The van der Waals surface area contributed by atoms with Gasteiger partial charge in [0, 0.05) is 0 Å². The highest BCUT2D eigenvalue weighted by atomic mass is 16.4. The van der Waals surface area contributed by atoms with E-state index in [-0.39, 0.29) is 17.3 Å². The van der Waals surface area contributed by atoms with Crippen molar-refractivity contribution in [1.82, 2.24) is 0 Å². The SMILES string of the molecule is O=C(O)C(C(=O)C1(c2ccc(O)cc2)CC1)c1ccc(O)cc1. The first kappa shape index (κ1) is 15.1. The Morgan fingerprint density at radius 2 is 1.35 bits per heavy atom. The molecular weight excluding hydrogens is 296 g/mol. The van der Waals surface area contributed by atoms with E-state index < -0.39 is 17.3 Å². The fourth-order valence-electron chi connectivity index (χ4n) is 2.93. The van der Waals surface area contributed by atoms with Crippen LogP contribution in [0.25, 0.3) is 0 Å². The molecule has 0 heterocycles. The highest BCUT2D eigenvalue weighted by Gasteiger charge is 2.54. The first-order valence-corrected chi connectivity index (χ1v) is 7.29. The number of carboxylic acids is 1. The van der Waals surface area contributed by atoms with E-state index in [4.69, 9.17) is 0 Å². The molecule has 5 heteroatoms. The second-order valence-electron chi connectivity index (χ2n) is 5.86. The maximum atomic E-state index is 12.9. The summed E-state index contributed by atoms with van der Waals surface area (Å²) in [6, 6.07) is 12.0. The molecule has 3 rings (SSSR count). The molecule has 3 N–H and O–H groups in total. The Morgan fingerprint density at radius 3 is 1.78 bits per heavy atom. The first-order chi connectivity index (χ1) is 10.9. The molecule has 1 saturated carbocycles. The fourth-order valence-corrected chi connectivity index (χ4v) is 2.93. The molecule has 0 radical (unpaired) electrons. The number of aliphatic carboxylic acids is 1. The van der Waals surface area contributed by atoms with E-state index in [1.165, 1.54) is 36.4 Å². The summed E-state index contributed by atoms with van der Waals surface area (Å²) in [4.78, 5) is 24.6. The van der Waals surface area contributed by atoms with E-state index in [1.807, 2.05) is 0 Å². The van der Waals surface area contributed by atoms with Crippen molar-refractivity contribution >= 4 is 11.8 Å². The van der Waals surface area contributed by atoms with E-state index in [0.717, 1.165) is 5.56 Å². The lowest BCUT2D eigenvalue weighted by atomic mass is 9.81. The minimum absolute atomic E-state index is 0.0185. The van der Waals surface area contributed by atoms with Gasteiger partial charge in [-0.1, -0.05) is 24.3 Å². The molecule has 0 aliphatic heterocycles. The van der Waals surface area contributed by atoms with Crippen molar-refractivity contribution in [3.8, 4) is 11.5 Å². The number of carboxylic acid groups (broad SMARTS) is 1. The highest BCUT2D eigenvalue weighted by molar-refractivity contribution is 6.10. The number of rotatable bonds is 5. The number of hydrogen-bond donors (Lipinski definition) is 3. The van der Waals surface area contributed by atoms with Crippen LogP contribution in [0.1, 0.15) is 29.9 Å². The Labute approximate surface area is 132 Å². The van der Waals surface area contributed by atoms with Crippen molar-refractivity contribution in [2.75, 3.05) is 0 Å². The molecule has 0 aromatic heterocycles. The average molecular weight is 312 g/mol. The Balaban J connectivity index is 1.97. The number of benzene rings is 2. The van der Waals surface area contributed by atoms with Crippen molar-refractivity contribution in [3.63, 3.8) is 0 Å². The monoisotopic (exact) mass is 312 g/mol. The van der Waals surface area contributed by atoms with E-state index >= 15 is 0 Å². The van der Waals surface area contributed by atoms with Gasteiger partial charge in [-0.15, -0.1) is 0 Å². The Bertz CT molecular complexity index is 742. The van der Waals surface area contributed by atoms with Crippen molar-refractivity contribution in [2.24, 2.45) is 0 Å². The zero-order chi connectivity index (χ0) is 16.6. The number of phenols is 2. The predicted molar refractivity (Wildman–Crippen MR) is 82.5 cm³/mol. The fraction of sp³-hybridized carbons (Fsp3) is 0.222. The lowest BCUT2D eigenvalue weighted by Gasteiger charge is -2.20. The minimum atomic E-state index is -1.27. The zero-order valence-electron chi connectivity index (χ0n) is 12.3. The van der Waals surface area contributed by atoms with Crippen molar-refractivity contribution < 1.29 is 24.9 Å². The zero-order valence-corrected chi connectivity index (χ0v) is 12.3. The van der Waals surface area contributed by atoms with Gasteiger partial charge in [-0.2, -0.15) is 0 Å². The van der Waals surface area contributed by atoms with Crippen LogP contribution in [0, 0.1) is 0 Å². The van der Waals surface area contributed by atoms with Crippen LogP contribution in [0.3, 0.4) is 0 Å². The maximum absolute atomic E-state index is 12.9. The van der Waals surface area contributed by atoms with Crippen LogP contribution >= 0.6 is 0 Å². The van der Waals surface area contributed by atoms with Gasteiger partial charge >= 0.3 is 5.97 Å². The second-order valence-corrected chi connectivity index (χ2v) is 5.86. The minimum Gasteiger partial charge on any atom is -0.508 e. The first-order valence-electron chi connectivity index (χ1n) is 7.29. The van der Waals surface area contributed by atoms with Crippen molar-refractivity contribution in [1.29, 1.82) is 0 Å². The molecule has 1 unspecified atom stereocenters. The van der Waals surface area contributed by atoms with E-state index in [0.29, 0.717) is 18.4 Å². The summed E-state index contributed by atoms with van der Waals surface area (Å²) in [6.45, 7) is 0. The highest BCUT2D eigenvalue weighted by Crippen LogP contribution is 2.52. The number of ketones is 1. The van der Waals surface area contributed by atoms with Crippen LogP contribution in [0.4, 0.5) is 0 Å². The summed E-state index contributed by atoms with van der Waals surface area (Å²) in [5, 5.41) is 28.2. The Kier molecular flexibility index (Phi) is 3.56. The standard InChI is InChI=1S/C18H16O5/c19-13-5-1-11(2-6-13)15(17(22)23)16(21)18(9-10-18)12-3-7-14(20)8-4-12/h1-8,15,19-20H,9-10H2,(H,22,23). The van der Waals surface area contributed by atoms with Crippen LogP contribution < -0.4 is 0 Å². The molecule has 0 bridgehead atoms. The molecule has 0 amide bonds. The third-order valence-electron chi connectivity index (χ3n) is 4.38. The van der Waals surface area contributed by atoms with Gasteiger partial charge in [-0.05, 0) is 48.2 Å². The van der Waals surface area contributed by atoms with Gasteiger partial charge in [-0.25, -0.2) is 0 Å². The van der Waals surface area contributed by atoms with Gasteiger partial charge in [0.1, 0.15) is 17.4 Å². The van der Waals surface area contributed by atoms with E-state index in [2.05, 4.69) is 0 Å². The number of phenolic OH excluding ortho intramolecular Hbond substituents is 2. The lowest BCUT2D eigenvalue weighted by molar-refractivity contribution is -0.143. The lowest BCUT2D eigenvalue weighted by Crippen LogP contribution is -2.31. The van der Waals surface area contributed by atoms with Gasteiger partial charge in [0.05, 0.1) is 5.41 Å². The molecule has 1 aliphatic rings. The molecule has 0 spiro atoms. The average Bonchev–Trinajstić information content (AvgIpc) is 3.31. The molecular formula is C18H16O5. The summed E-state index contributed by atoms with van der Waals surface area (Å²) in [6.07, 6.45) is 1.19. The molecule has 0 saturated heterocycles. The molecule has 2 aromatic carbocycles. The number of carbonyl (C=O) groups excluding carboxylic acids is 1. The number of carbonyl (C=O) groups is 2. The maximum Gasteiger partial charge on any atom is 0.318 e. The number of Topliss-reactive ketones (excluding diaryl/α,β-unsaturated/α-hetero) is 1. The molecule has 1 aliphatic carbocycles. The molecule has 118 valence electrons. The second kappa shape index (κ2) is 5.43. The molecule has 5 nitrogen and oxygen atoms in total. The predicted octanol–water partition coefficient (Wildman–Crippen LogP) is 2.57. The van der Waals surface area contributed by atoms with Crippen LogP contribution in [0.15, 0.2) is 48.5 Å². The summed E-state index contributed by atoms with van der Waals surface area (Å²) in [5.74, 6) is -2.71. The Hall–Kier alpha value is -2.82. The summed E-state index contributed by atoms with van der Waals surface area (Å²) >= 11 is 0.